The van der Waals surface area contributed by atoms with Crippen molar-refractivity contribution < 1.29 is 4.79 Å². The van der Waals surface area contributed by atoms with E-state index in [0.29, 0.717) is 24.3 Å². The van der Waals surface area contributed by atoms with Crippen LogP contribution in [0, 0.1) is 5.92 Å². The van der Waals surface area contributed by atoms with Gasteiger partial charge in [-0.1, -0.05) is 49.4 Å². The number of carbonyl (C=O) groups excluding carboxylic acids is 1. The number of likely N-dealkylation sites (tertiary alicyclic amines) is 2. The van der Waals surface area contributed by atoms with Crippen LogP contribution in [0.5, 0.6) is 0 Å². The normalized spacial score (nSPS) is 25.5. The van der Waals surface area contributed by atoms with Crippen LogP contribution in [-0.4, -0.2) is 47.9 Å². The summed E-state index contributed by atoms with van der Waals surface area (Å²) in [6.07, 6.45) is 8.80. The van der Waals surface area contributed by atoms with E-state index in [2.05, 4.69) is 46.2 Å². The molecule has 2 unspecified atom stereocenters. The van der Waals surface area contributed by atoms with Gasteiger partial charge in [0.15, 0.2) is 0 Å². The first-order valence-corrected chi connectivity index (χ1v) is 9.01. The van der Waals surface area contributed by atoms with Gasteiger partial charge in [0, 0.05) is 32.1 Å². The molecule has 0 saturated carbocycles. The molecule has 3 rings (SSSR count). The van der Waals surface area contributed by atoms with Gasteiger partial charge in [0.1, 0.15) is 0 Å². The van der Waals surface area contributed by atoms with Gasteiger partial charge in [-0.05, 0) is 37.3 Å². The number of piperidine rings is 2. The minimum absolute atomic E-state index is 0.335. The van der Waals surface area contributed by atoms with Crippen LogP contribution in [0.4, 0.5) is 0 Å². The maximum atomic E-state index is 12.2. The lowest BCUT2D eigenvalue weighted by Gasteiger charge is -2.47. The van der Waals surface area contributed by atoms with Crippen molar-refractivity contribution in [2.45, 2.75) is 38.6 Å². The number of nitrogens with zero attached hydrogens (tertiary/aromatic N) is 2. The summed E-state index contributed by atoms with van der Waals surface area (Å²) in [7, 11) is 0. The van der Waals surface area contributed by atoms with Gasteiger partial charge in [0.2, 0.25) is 5.91 Å². The quantitative estimate of drug-likeness (QED) is 0.850. The molecule has 3 nitrogen and oxygen atoms in total. The fraction of sp³-hybridized carbons (Fsp3) is 0.550. The van der Waals surface area contributed by atoms with Gasteiger partial charge in [-0.25, -0.2) is 0 Å². The fourth-order valence-corrected chi connectivity index (χ4v) is 4.01. The number of benzene rings is 1. The van der Waals surface area contributed by atoms with Gasteiger partial charge >= 0.3 is 0 Å². The van der Waals surface area contributed by atoms with Crippen molar-refractivity contribution in [3.8, 4) is 0 Å². The smallest absolute Gasteiger partial charge is 0.222 e. The molecular weight excluding hydrogens is 284 g/mol. The highest BCUT2D eigenvalue weighted by Gasteiger charge is 2.37. The molecule has 2 heterocycles. The first-order valence-electron chi connectivity index (χ1n) is 9.01. The zero-order valence-corrected chi connectivity index (χ0v) is 14.2. The summed E-state index contributed by atoms with van der Waals surface area (Å²) >= 11 is 0. The average molecular weight is 312 g/mol. The monoisotopic (exact) mass is 312 g/mol. The second-order valence-corrected chi connectivity index (χ2v) is 6.77. The molecule has 1 amide bonds. The van der Waals surface area contributed by atoms with Crippen molar-refractivity contribution in [1.29, 1.82) is 0 Å². The predicted octanol–water partition coefficient (Wildman–Crippen LogP) is 3.42. The van der Waals surface area contributed by atoms with E-state index in [1.807, 2.05) is 13.0 Å². The van der Waals surface area contributed by atoms with E-state index in [4.69, 9.17) is 0 Å². The first kappa shape index (κ1) is 16.3. The SMILES string of the molecule is CCC(=O)N1CCCC2CCN(C/C=C/c3ccccc3)CC21. The Balaban J connectivity index is 1.58. The van der Waals surface area contributed by atoms with Crippen molar-refractivity contribution in [2.24, 2.45) is 5.92 Å². The molecule has 2 aliphatic rings. The maximum absolute atomic E-state index is 12.2. The second-order valence-electron chi connectivity index (χ2n) is 6.77. The summed E-state index contributed by atoms with van der Waals surface area (Å²) < 4.78 is 0. The number of rotatable bonds is 4. The van der Waals surface area contributed by atoms with Crippen molar-refractivity contribution in [3.05, 3.63) is 42.0 Å². The average Bonchev–Trinajstić information content (AvgIpc) is 2.61. The summed E-state index contributed by atoms with van der Waals surface area (Å²) in [4.78, 5) is 16.9. The highest BCUT2D eigenvalue weighted by atomic mass is 16.2. The van der Waals surface area contributed by atoms with Crippen LogP contribution in [0.3, 0.4) is 0 Å². The Morgan fingerprint density at radius 3 is 2.83 bits per heavy atom. The molecule has 0 aliphatic carbocycles. The molecular formula is C20H28N2O. The molecule has 0 spiro atoms. The third kappa shape index (κ3) is 4.03. The predicted molar refractivity (Wildman–Crippen MR) is 95.0 cm³/mol. The summed E-state index contributed by atoms with van der Waals surface area (Å²) in [6.45, 7) is 6.12. The number of hydrogen-bond donors (Lipinski definition) is 0. The topological polar surface area (TPSA) is 23.6 Å². The second kappa shape index (κ2) is 7.78. The van der Waals surface area contributed by atoms with Crippen molar-refractivity contribution in [3.63, 3.8) is 0 Å². The summed E-state index contributed by atoms with van der Waals surface area (Å²) in [5.41, 5.74) is 1.25. The standard InChI is InChI=1S/C20H28N2O/c1-2-20(23)22-14-7-11-18-12-15-21(16-19(18)22)13-6-10-17-8-4-3-5-9-17/h3-6,8-10,18-19H,2,7,11-16H2,1H3/b10-6+. The number of amides is 1. The fourth-order valence-electron chi connectivity index (χ4n) is 4.01. The Hall–Kier alpha value is -1.61. The highest BCUT2D eigenvalue weighted by Crippen LogP contribution is 2.31. The highest BCUT2D eigenvalue weighted by molar-refractivity contribution is 5.76. The molecule has 1 aromatic carbocycles. The van der Waals surface area contributed by atoms with E-state index in [-0.39, 0.29) is 0 Å². The molecule has 2 aliphatic heterocycles. The largest absolute Gasteiger partial charge is 0.338 e. The van der Waals surface area contributed by atoms with Crippen LogP contribution in [0.1, 0.15) is 38.2 Å². The van der Waals surface area contributed by atoms with Gasteiger partial charge in [0.05, 0.1) is 0 Å². The Bertz CT molecular complexity index is 540. The van der Waals surface area contributed by atoms with Crippen molar-refractivity contribution in [2.75, 3.05) is 26.2 Å². The molecule has 0 radical (unpaired) electrons. The third-order valence-electron chi connectivity index (χ3n) is 5.28. The molecule has 0 aromatic heterocycles. The molecule has 2 fully saturated rings. The Morgan fingerprint density at radius 2 is 2.04 bits per heavy atom. The summed E-state index contributed by atoms with van der Waals surface area (Å²) in [6, 6.07) is 10.9. The van der Waals surface area contributed by atoms with Crippen LogP contribution in [0.25, 0.3) is 6.08 Å². The van der Waals surface area contributed by atoms with Gasteiger partial charge in [-0.2, -0.15) is 0 Å². The number of carbonyl (C=O) groups is 1. The molecule has 1 aromatic rings. The number of fused-ring (bicyclic) bond motifs is 1. The molecule has 3 heteroatoms. The van der Waals surface area contributed by atoms with E-state index >= 15 is 0 Å². The van der Waals surface area contributed by atoms with Gasteiger partial charge in [-0.15, -0.1) is 0 Å². The lowest BCUT2D eigenvalue weighted by Crippen LogP contribution is -2.57. The molecule has 2 saturated heterocycles. The molecule has 124 valence electrons. The van der Waals surface area contributed by atoms with E-state index in [9.17, 15) is 4.79 Å². The Labute approximate surface area is 140 Å². The lowest BCUT2D eigenvalue weighted by molar-refractivity contribution is -0.138. The minimum Gasteiger partial charge on any atom is -0.338 e. The van der Waals surface area contributed by atoms with Crippen molar-refractivity contribution in [1.82, 2.24) is 9.80 Å². The van der Waals surface area contributed by atoms with E-state index in [1.165, 1.54) is 24.8 Å². The summed E-state index contributed by atoms with van der Waals surface area (Å²) in [5, 5.41) is 0. The molecule has 2 atom stereocenters. The van der Waals surface area contributed by atoms with E-state index < -0.39 is 0 Å². The molecule has 0 N–H and O–H groups in total. The van der Waals surface area contributed by atoms with Gasteiger partial charge in [0.25, 0.3) is 0 Å². The van der Waals surface area contributed by atoms with Crippen molar-refractivity contribution >= 4 is 12.0 Å². The van der Waals surface area contributed by atoms with Crippen LogP contribution in [0.15, 0.2) is 36.4 Å². The lowest BCUT2D eigenvalue weighted by atomic mass is 9.83. The zero-order chi connectivity index (χ0) is 16.1. The zero-order valence-electron chi connectivity index (χ0n) is 14.2. The van der Waals surface area contributed by atoms with E-state index in [1.54, 1.807) is 0 Å². The van der Waals surface area contributed by atoms with Gasteiger partial charge < -0.3 is 4.90 Å². The first-order chi connectivity index (χ1) is 11.3. The van der Waals surface area contributed by atoms with Crippen LogP contribution in [0.2, 0.25) is 0 Å². The molecule has 0 bridgehead atoms. The van der Waals surface area contributed by atoms with Gasteiger partial charge in [-0.3, -0.25) is 9.69 Å². The molecule has 23 heavy (non-hydrogen) atoms. The third-order valence-corrected chi connectivity index (χ3v) is 5.28. The van der Waals surface area contributed by atoms with E-state index in [0.717, 1.165) is 26.2 Å². The summed E-state index contributed by atoms with van der Waals surface area (Å²) in [5.74, 6) is 1.05. The Kier molecular flexibility index (Phi) is 5.50. The van der Waals surface area contributed by atoms with Crippen LogP contribution >= 0.6 is 0 Å². The number of hydrogen-bond acceptors (Lipinski definition) is 2. The van der Waals surface area contributed by atoms with Crippen LogP contribution < -0.4 is 0 Å². The minimum atomic E-state index is 0.335. The maximum Gasteiger partial charge on any atom is 0.222 e. The van der Waals surface area contributed by atoms with Crippen LogP contribution in [-0.2, 0) is 4.79 Å². The Morgan fingerprint density at radius 1 is 1.22 bits per heavy atom.